The Balaban J connectivity index is 2.33. The van der Waals surface area contributed by atoms with Crippen LogP contribution in [0.2, 0.25) is 0 Å². The first-order valence-corrected chi connectivity index (χ1v) is 6.14. The zero-order valence-electron chi connectivity index (χ0n) is 11.3. The molecule has 0 saturated heterocycles. The number of ether oxygens (including phenoxy) is 1. The number of rotatable bonds is 7. The SMILES string of the molecule is CC(C)(CO)NCC(O)COc1ccc(C#N)cc1. The molecule has 0 bridgehead atoms. The maximum absolute atomic E-state index is 9.75. The molecule has 3 N–H and O–H groups in total. The first-order valence-electron chi connectivity index (χ1n) is 6.14. The Kier molecular flexibility index (Phi) is 5.77. The fourth-order valence-electron chi connectivity index (χ4n) is 1.33. The zero-order valence-corrected chi connectivity index (χ0v) is 11.3. The van der Waals surface area contributed by atoms with E-state index in [9.17, 15) is 5.11 Å². The fourth-order valence-corrected chi connectivity index (χ4v) is 1.33. The molecule has 0 aromatic heterocycles. The van der Waals surface area contributed by atoms with Crippen molar-refractivity contribution in [2.75, 3.05) is 19.8 Å². The normalized spacial score (nSPS) is 12.8. The van der Waals surface area contributed by atoms with Crippen LogP contribution in [0.1, 0.15) is 19.4 Å². The average molecular weight is 264 g/mol. The van der Waals surface area contributed by atoms with Gasteiger partial charge >= 0.3 is 0 Å². The number of hydrogen-bond donors (Lipinski definition) is 3. The van der Waals surface area contributed by atoms with Crippen molar-refractivity contribution < 1.29 is 14.9 Å². The van der Waals surface area contributed by atoms with Crippen LogP contribution in [-0.4, -0.2) is 41.6 Å². The van der Waals surface area contributed by atoms with Crippen molar-refractivity contribution in [2.45, 2.75) is 25.5 Å². The Morgan fingerprint density at radius 1 is 1.37 bits per heavy atom. The molecule has 1 rings (SSSR count). The monoisotopic (exact) mass is 264 g/mol. The molecule has 5 heteroatoms. The van der Waals surface area contributed by atoms with E-state index in [2.05, 4.69) is 5.32 Å². The summed E-state index contributed by atoms with van der Waals surface area (Å²) >= 11 is 0. The van der Waals surface area contributed by atoms with Gasteiger partial charge in [-0.3, -0.25) is 0 Å². The van der Waals surface area contributed by atoms with Crippen molar-refractivity contribution in [3.63, 3.8) is 0 Å². The molecule has 0 aliphatic carbocycles. The summed E-state index contributed by atoms with van der Waals surface area (Å²) in [6, 6.07) is 8.73. The topological polar surface area (TPSA) is 85.5 Å². The van der Waals surface area contributed by atoms with E-state index in [4.69, 9.17) is 15.1 Å². The number of benzene rings is 1. The van der Waals surface area contributed by atoms with E-state index in [0.717, 1.165) is 0 Å². The smallest absolute Gasteiger partial charge is 0.119 e. The fraction of sp³-hybridized carbons (Fsp3) is 0.500. The predicted octanol–water partition coefficient (Wildman–Crippen LogP) is 0.658. The van der Waals surface area contributed by atoms with Crippen LogP contribution in [0.4, 0.5) is 0 Å². The standard InChI is InChI=1S/C14H20N2O3/c1-14(2,10-17)16-8-12(18)9-19-13-5-3-11(7-15)4-6-13/h3-6,12,16-18H,8-10H2,1-2H3. The molecule has 0 radical (unpaired) electrons. The van der Waals surface area contributed by atoms with Crippen LogP contribution in [0.25, 0.3) is 0 Å². The van der Waals surface area contributed by atoms with Crippen molar-refractivity contribution in [2.24, 2.45) is 0 Å². The highest BCUT2D eigenvalue weighted by atomic mass is 16.5. The maximum Gasteiger partial charge on any atom is 0.119 e. The highest BCUT2D eigenvalue weighted by Gasteiger charge is 2.17. The number of hydrogen-bond acceptors (Lipinski definition) is 5. The van der Waals surface area contributed by atoms with Crippen molar-refractivity contribution in [1.29, 1.82) is 5.26 Å². The lowest BCUT2D eigenvalue weighted by molar-refractivity contribution is 0.0907. The van der Waals surface area contributed by atoms with Gasteiger partial charge < -0.3 is 20.3 Å². The van der Waals surface area contributed by atoms with Gasteiger partial charge in [0.25, 0.3) is 0 Å². The second kappa shape index (κ2) is 7.10. The molecule has 0 heterocycles. The van der Waals surface area contributed by atoms with Gasteiger partial charge in [-0.15, -0.1) is 0 Å². The van der Waals surface area contributed by atoms with Crippen LogP contribution in [0.5, 0.6) is 5.75 Å². The minimum Gasteiger partial charge on any atom is -0.491 e. The maximum atomic E-state index is 9.75. The lowest BCUT2D eigenvalue weighted by atomic mass is 10.1. The average Bonchev–Trinajstić information content (AvgIpc) is 2.43. The quantitative estimate of drug-likeness (QED) is 0.673. The van der Waals surface area contributed by atoms with Gasteiger partial charge in [-0.25, -0.2) is 0 Å². The van der Waals surface area contributed by atoms with E-state index in [1.54, 1.807) is 24.3 Å². The zero-order chi connectivity index (χ0) is 14.3. The molecule has 5 nitrogen and oxygen atoms in total. The van der Waals surface area contributed by atoms with Crippen LogP contribution < -0.4 is 10.1 Å². The van der Waals surface area contributed by atoms with Gasteiger partial charge in [0, 0.05) is 12.1 Å². The summed E-state index contributed by atoms with van der Waals surface area (Å²) in [6.07, 6.45) is -0.665. The summed E-state index contributed by atoms with van der Waals surface area (Å²) in [5, 5.41) is 30.5. The van der Waals surface area contributed by atoms with E-state index >= 15 is 0 Å². The van der Waals surface area contributed by atoms with Gasteiger partial charge in [-0.05, 0) is 38.1 Å². The molecule has 1 atom stereocenters. The third kappa shape index (κ3) is 5.71. The van der Waals surface area contributed by atoms with E-state index in [1.165, 1.54) is 0 Å². The second-order valence-corrected chi connectivity index (χ2v) is 5.02. The van der Waals surface area contributed by atoms with Crippen LogP contribution in [-0.2, 0) is 0 Å². The number of nitrogens with one attached hydrogen (secondary N) is 1. The van der Waals surface area contributed by atoms with E-state index in [1.807, 2.05) is 19.9 Å². The Labute approximate surface area is 113 Å². The first-order chi connectivity index (χ1) is 8.96. The summed E-state index contributed by atoms with van der Waals surface area (Å²) in [6.45, 7) is 4.18. The predicted molar refractivity (Wildman–Crippen MR) is 71.8 cm³/mol. The van der Waals surface area contributed by atoms with Crippen molar-refractivity contribution in [1.82, 2.24) is 5.32 Å². The van der Waals surface area contributed by atoms with Crippen LogP contribution >= 0.6 is 0 Å². The lowest BCUT2D eigenvalue weighted by Crippen LogP contribution is -2.47. The lowest BCUT2D eigenvalue weighted by Gasteiger charge is -2.25. The Hall–Kier alpha value is -1.61. The molecule has 1 aromatic carbocycles. The number of nitrogens with zero attached hydrogens (tertiary/aromatic N) is 1. The van der Waals surface area contributed by atoms with Gasteiger partial charge in [-0.1, -0.05) is 0 Å². The summed E-state index contributed by atoms with van der Waals surface area (Å²) in [5.74, 6) is 0.611. The largest absolute Gasteiger partial charge is 0.491 e. The molecule has 104 valence electrons. The van der Waals surface area contributed by atoms with E-state index in [0.29, 0.717) is 17.9 Å². The summed E-state index contributed by atoms with van der Waals surface area (Å²) in [5.41, 5.74) is 0.148. The number of β-amino-alcohol motifs (C(OH)–C–C–N with tert-alkyl or cyclic N) is 1. The molecular formula is C14H20N2O3. The minimum absolute atomic E-state index is 0.00377. The molecule has 0 aliphatic heterocycles. The van der Waals surface area contributed by atoms with Crippen molar-refractivity contribution >= 4 is 0 Å². The van der Waals surface area contributed by atoms with Crippen LogP contribution in [0.15, 0.2) is 24.3 Å². The molecule has 0 saturated carbocycles. The molecular weight excluding hydrogens is 244 g/mol. The summed E-state index contributed by atoms with van der Waals surface area (Å²) < 4.78 is 5.40. The molecule has 0 aliphatic rings. The van der Waals surface area contributed by atoms with Gasteiger partial charge in [0.15, 0.2) is 0 Å². The third-order valence-corrected chi connectivity index (χ3v) is 2.64. The first kappa shape index (κ1) is 15.4. The van der Waals surface area contributed by atoms with Crippen LogP contribution in [0.3, 0.4) is 0 Å². The van der Waals surface area contributed by atoms with Gasteiger partial charge in [0.1, 0.15) is 18.5 Å². The van der Waals surface area contributed by atoms with E-state index < -0.39 is 11.6 Å². The van der Waals surface area contributed by atoms with Gasteiger partial charge in [-0.2, -0.15) is 5.26 Å². The van der Waals surface area contributed by atoms with Gasteiger partial charge in [0.2, 0.25) is 0 Å². The van der Waals surface area contributed by atoms with Crippen molar-refractivity contribution in [3.05, 3.63) is 29.8 Å². The van der Waals surface area contributed by atoms with E-state index in [-0.39, 0.29) is 13.2 Å². The number of aliphatic hydroxyl groups excluding tert-OH is 2. The molecule has 0 amide bonds. The highest BCUT2D eigenvalue weighted by Crippen LogP contribution is 2.11. The van der Waals surface area contributed by atoms with Gasteiger partial charge in [0.05, 0.1) is 18.2 Å². The number of nitriles is 1. The Morgan fingerprint density at radius 2 is 2.00 bits per heavy atom. The molecule has 1 aromatic rings. The Morgan fingerprint density at radius 3 is 2.53 bits per heavy atom. The summed E-state index contributed by atoms with van der Waals surface area (Å²) in [7, 11) is 0. The Bertz CT molecular complexity index is 423. The highest BCUT2D eigenvalue weighted by molar-refractivity contribution is 5.34. The molecule has 0 spiro atoms. The number of aliphatic hydroxyl groups is 2. The van der Waals surface area contributed by atoms with Crippen molar-refractivity contribution in [3.8, 4) is 11.8 Å². The minimum atomic E-state index is -0.665. The summed E-state index contributed by atoms with van der Waals surface area (Å²) in [4.78, 5) is 0. The van der Waals surface area contributed by atoms with Crippen LogP contribution in [0, 0.1) is 11.3 Å². The second-order valence-electron chi connectivity index (χ2n) is 5.02. The third-order valence-electron chi connectivity index (χ3n) is 2.64. The molecule has 19 heavy (non-hydrogen) atoms. The molecule has 0 fully saturated rings. The molecule has 1 unspecified atom stereocenters.